The zero-order valence-electron chi connectivity index (χ0n) is 16.5. The first-order chi connectivity index (χ1) is 15.6. The fourth-order valence-corrected chi connectivity index (χ4v) is 4.22. The topological polar surface area (TPSA) is 130 Å². The van der Waals surface area contributed by atoms with Gasteiger partial charge in [0, 0.05) is 20.2 Å². The van der Waals surface area contributed by atoms with Gasteiger partial charge in [-0.15, -0.1) is 0 Å². The van der Waals surface area contributed by atoms with Gasteiger partial charge in [-0.05, 0) is 54.6 Å². The van der Waals surface area contributed by atoms with Gasteiger partial charge in [-0.25, -0.2) is 18.6 Å². The molecule has 0 radical (unpaired) electrons. The minimum Gasteiger partial charge on any atom is -0.459 e. The van der Waals surface area contributed by atoms with E-state index in [1.54, 1.807) is 18.2 Å². The van der Waals surface area contributed by atoms with Crippen molar-refractivity contribution in [3.63, 3.8) is 0 Å². The van der Waals surface area contributed by atoms with Crippen LogP contribution >= 0.6 is 39.1 Å². The molecule has 2 amide bonds. The van der Waals surface area contributed by atoms with E-state index in [-0.39, 0.29) is 22.9 Å². The van der Waals surface area contributed by atoms with Gasteiger partial charge in [-0.2, -0.15) is 5.10 Å². The van der Waals surface area contributed by atoms with Crippen LogP contribution in [-0.4, -0.2) is 26.4 Å². The van der Waals surface area contributed by atoms with Gasteiger partial charge in [0.1, 0.15) is 11.5 Å². The van der Waals surface area contributed by atoms with Crippen molar-refractivity contribution < 1.29 is 22.4 Å². The summed E-state index contributed by atoms with van der Waals surface area (Å²) in [6, 6.07) is 13.6. The van der Waals surface area contributed by atoms with Crippen molar-refractivity contribution in [2.45, 2.75) is 11.4 Å². The smallest absolute Gasteiger partial charge is 0.329 e. The lowest BCUT2D eigenvalue weighted by molar-refractivity contribution is -0.136. The van der Waals surface area contributed by atoms with Gasteiger partial charge in [-0.3, -0.25) is 9.59 Å². The monoisotopic (exact) mass is 572 g/mol. The first kappa shape index (κ1) is 24.9. The van der Waals surface area contributed by atoms with Gasteiger partial charge in [0.15, 0.2) is 0 Å². The summed E-state index contributed by atoms with van der Waals surface area (Å²) in [5.41, 5.74) is 2.30. The fourth-order valence-electron chi connectivity index (χ4n) is 2.44. The van der Waals surface area contributed by atoms with E-state index in [1.807, 2.05) is 5.43 Å². The Morgan fingerprint density at radius 1 is 1.00 bits per heavy atom. The molecular formula is C20H15BrCl2N4O5S. The van der Waals surface area contributed by atoms with E-state index in [0.29, 0.717) is 15.8 Å². The Morgan fingerprint density at radius 2 is 1.67 bits per heavy atom. The number of sulfonamides is 1. The largest absolute Gasteiger partial charge is 0.459 e. The highest BCUT2D eigenvalue weighted by atomic mass is 79.9. The maximum atomic E-state index is 12.3. The van der Waals surface area contributed by atoms with Gasteiger partial charge >= 0.3 is 11.8 Å². The summed E-state index contributed by atoms with van der Waals surface area (Å²) in [4.78, 5) is 23.9. The number of nitrogens with one attached hydrogen (secondary N) is 3. The second kappa shape index (κ2) is 10.9. The molecule has 3 rings (SSSR count). The SMILES string of the molecule is O=C(NN=Cc1ccc(CNS(=O)(=O)c2ccc(Br)cc2)o1)C(=O)Nc1cc(Cl)cc(Cl)c1. The Labute approximate surface area is 207 Å². The maximum absolute atomic E-state index is 12.3. The molecule has 3 aromatic rings. The number of furan rings is 1. The molecule has 0 saturated carbocycles. The van der Waals surface area contributed by atoms with Gasteiger partial charge in [0.2, 0.25) is 10.0 Å². The van der Waals surface area contributed by atoms with E-state index < -0.39 is 21.8 Å². The van der Waals surface area contributed by atoms with Crippen LogP contribution in [0.2, 0.25) is 10.0 Å². The summed E-state index contributed by atoms with van der Waals surface area (Å²) in [6.07, 6.45) is 1.16. The van der Waals surface area contributed by atoms with Crippen molar-refractivity contribution in [2.24, 2.45) is 5.10 Å². The standard InChI is InChI=1S/C20H15BrCl2N4O5S/c21-12-1-5-18(6-2-12)33(30,31)25-11-17-4-3-16(32-17)10-24-27-20(29)19(28)26-15-8-13(22)7-14(23)9-15/h1-10,25H,11H2,(H,26,28)(H,27,29). The molecule has 0 atom stereocenters. The summed E-state index contributed by atoms with van der Waals surface area (Å²) in [5, 5.41) is 6.57. The third-order valence-corrected chi connectivity index (χ3v) is 6.31. The van der Waals surface area contributed by atoms with Crippen LogP contribution in [0.25, 0.3) is 0 Å². The number of rotatable bonds is 7. The molecule has 2 aromatic carbocycles. The average molecular weight is 574 g/mol. The number of hydrogen-bond acceptors (Lipinski definition) is 6. The minimum atomic E-state index is -3.72. The van der Waals surface area contributed by atoms with Gasteiger partial charge in [0.05, 0.1) is 17.7 Å². The molecule has 0 aliphatic rings. The molecule has 0 fully saturated rings. The number of amides is 2. The van der Waals surface area contributed by atoms with Crippen LogP contribution in [0.15, 0.2) is 73.5 Å². The van der Waals surface area contributed by atoms with E-state index in [4.69, 9.17) is 27.6 Å². The van der Waals surface area contributed by atoms with E-state index in [1.165, 1.54) is 36.4 Å². The Bertz CT molecular complexity index is 1290. The van der Waals surface area contributed by atoms with Crippen LogP contribution in [0.1, 0.15) is 11.5 Å². The Hall–Kier alpha value is -2.70. The molecule has 0 bridgehead atoms. The van der Waals surface area contributed by atoms with Crippen molar-refractivity contribution in [1.29, 1.82) is 0 Å². The van der Waals surface area contributed by atoms with Crippen molar-refractivity contribution in [3.05, 3.63) is 80.6 Å². The second-order valence-electron chi connectivity index (χ2n) is 6.39. The number of anilines is 1. The van der Waals surface area contributed by atoms with Gasteiger partial charge < -0.3 is 9.73 Å². The molecule has 0 unspecified atom stereocenters. The lowest BCUT2D eigenvalue weighted by Gasteiger charge is -2.05. The highest BCUT2D eigenvalue weighted by Crippen LogP contribution is 2.22. The van der Waals surface area contributed by atoms with E-state index >= 15 is 0 Å². The van der Waals surface area contributed by atoms with Crippen LogP contribution in [-0.2, 0) is 26.2 Å². The number of hydrogen-bond donors (Lipinski definition) is 3. The predicted octanol–water partition coefficient (Wildman–Crippen LogP) is 3.92. The molecule has 172 valence electrons. The Morgan fingerprint density at radius 3 is 2.33 bits per heavy atom. The molecule has 0 saturated heterocycles. The van der Waals surface area contributed by atoms with E-state index in [0.717, 1.165) is 10.7 Å². The van der Waals surface area contributed by atoms with Gasteiger partial charge in [-0.1, -0.05) is 39.1 Å². The number of carbonyl (C=O) groups excluding carboxylic acids is 2. The molecule has 0 aliphatic heterocycles. The minimum absolute atomic E-state index is 0.0941. The lowest BCUT2D eigenvalue weighted by atomic mass is 10.3. The number of nitrogens with zero attached hydrogens (tertiary/aromatic N) is 1. The van der Waals surface area contributed by atoms with Gasteiger partial charge in [0.25, 0.3) is 0 Å². The van der Waals surface area contributed by atoms with Crippen LogP contribution in [0.3, 0.4) is 0 Å². The van der Waals surface area contributed by atoms with Crippen molar-refractivity contribution in [2.75, 3.05) is 5.32 Å². The number of halogens is 3. The molecular weight excluding hydrogens is 559 g/mol. The first-order valence-electron chi connectivity index (χ1n) is 9.07. The molecule has 0 spiro atoms. The Kier molecular flexibility index (Phi) is 8.27. The average Bonchev–Trinajstić information content (AvgIpc) is 3.19. The summed E-state index contributed by atoms with van der Waals surface area (Å²) in [5.74, 6) is -1.46. The zero-order chi connectivity index (χ0) is 24.0. The third kappa shape index (κ3) is 7.41. The van der Waals surface area contributed by atoms with Crippen LogP contribution in [0.4, 0.5) is 5.69 Å². The van der Waals surface area contributed by atoms with Crippen molar-refractivity contribution in [1.82, 2.24) is 10.1 Å². The van der Waals surface area contributed by atoms with E-state index in [2.05, 4.69) is 31.1 Å². The summed E-state index contributed by atoms with van der Waals surface area (Å²) >= 11 is 14.9. The third-order valence-electron chi connectivity index (χ3n) is 3.93. The maximum Gasteiger partial charge on any atom is 0.329 e. The molecule has 3 N–H and O–H groups in total. The predicted molar refractivity (Wildman–Crippen MR) is 128 cm³/mol. The first-order valence-corrected chi connectivity index (χ1v) is 12.1. The van der Waals surface area contributed by atoms with Crippen molar-refractivity contribution in [3.8, 4) is 0 Å². The van der Waals surface area contributed by atoms with E-state index in [9.17, 15) is 18.0 Å². The Balaban J connectivity index is 1.51. The number of hydrazone groups is 1. The number of benzene rings is 2. The van der Waals surface area contributed by atoms with Crippen LogP contribution in [0.5, 0.6) is 0 Å². The highest BCUT2D eigenvalue weighted by molar-refractivity contribution is 9.10. The lowest BCUT2D eigenvalue weighted by Crippen LogP contribution is -2.32. The summed E-state index contributed by atoms with van der Waals surface area (Å²) < 4.78 is 33.2. The van der Waals surface area contributed by atoms with Crippen molar-refractivity contribution >= 4 is 72.9 Å². The van der Waals surface area contributed by atoms with Crippen LogP contribution < -0.4 is 15.5 Å². The molecule has 9 nitrogen and oxygen atoms in total. The second-order valence-corrected chi connectivity index (χ2v) is 9.95. The molecule has 0 aliphatic carbocycles. The van der Waals surface area contributed by atoms with Crippen LogP contribution in [0, 0.1) is 0 Å². The summed E-state index contributed by atoms with van der Waals surface area (Å²) in [6.45, 7) is -0.0941. The highest BCUT2D eigenvalue weighted by Gasteiger charge is 2.15. The quantitative estimate of drug-likeness (QED) is 0.224. The normalized spacial score (nSPS) is 11.5. The molecule has 33 heavy (non-hydrogen) atoms. The molecule has 1 heterocycles. The molecule has 1 aromatic heterocycles. The molecule has 13 heteroatoms. The fraction of sp³-hybridized carbons (Fsp3) is 0.0500. The zero-order valence-corrected chi connectivity index (χ0v) is 20.4. The number of carbonyl (C=O) groups is 2. The summed E-state index contributed by atoms with van der Waals surface area (Å²) in [7, 11) is -3.72.